The third-order valence-corrected chi connectivity index (χ3v) is 6.24. The van der Waals surface area contributed by atoms with Gasteiger partial charge in [0.05, 0.1) is 36.8 Å². The van der Waals surface area contributed by atoms with Crippen LogP contribution in [0.1, 0.15) is 22.2 Å². The monoisotopic (exact) mass is 471 g/mol. The van der Waals surface area contributed by atoms with Gasteiger partial charge >= 0.3 is 11.7 Å². The summed E-state index contributed by atoms with van der Waals surface area (Å²) in [5.74, 6) is -0.0145. The van der Waals surface area contributed by atoms with E-state index in [9.17, 15) is 19.5 Å². The van der Waals surface area contributed by atoms with Crippen molar-refractivity contribution < 1.29 is 24.1 Å². The summed E-state index contributed by atoms with van der Waals surface area (Å²) in [7, 11) is 3.01. The molecule has 0 fully saturated rings. The number of fused-ring (bicyclic) bond motifs is 1. The molecule has 3 aromatic heterocycles. The van der Waals surface area contributed by atoms with Gasteiger partial charge in [-0.3, -0.25) is 14.8 Å². The lowest BCUT2D eigenvalue weighted by molar-refractivity contribution is 0.0523. The van der Waals surface area contributed by atoms with Crippen molar-refractivity contribution in [2.24, 2.45) is 0 Å². The number of carbonyl (C=O) groups is 1. The molecule has 0 saturated carbocycles. The maximum Gasteiger partial charge on any atom is 0.343 e. The molecular weight excluding hydrogens is 450 g/mol. The standard InChI is InChI=1S/C22H21N3O7S/c1-5-32-21(28)13-9(2)33-18(17(13)26)14-15-19(24-22(29)25-20(15)27)23-16(14)10-6-7-11(30-3)12(8-10)31-4/h6-8,26H,5H2,1-4H3,(H3,23,24,25,27,29). The molecule has 0 aliphatic carbocycles. The van der Waals surface area contributed by atoms with Crippen molar-refractivity contribution >= 4 is 28.3 Å². The lowest BCUT2D eigenvalue weighted by atomic mass is 10.0. The van der Waals surface area contributed by atoms with Crippen LogP contribution in [-0.2, 0) is 4.74 Å². The number of aromatic hydroxyl groups is 1. The molecule has 0 amide bonds. The first kappa shape index (κ1) is 22.2. The van der Waals surface area contributed by atoms with Crippen LogP contribution in [0.3, 0.4) is 0 Å². The summed E-state index contributed by atoms with van der Waals surface area (Å²) in [6.07, 6.45) is 0. The van der Waals surface area contributed by atoms with Crippen molar-refractivity contribution in [3.05, 3.63) is 49.5 Å². The molecule has 0 unspecified atom stereocenters. The minimum Gasteiger partial charge on any atom is -0.505 e. The van der Waals surface area contributed by atoms with Crippen LogP contribution in [0.2, 0.25) is 0 Å². The number of H-pyrrole nitrogens is 3. The normalized spacial score (nSPS) is 11.0. The molecule has 11 heteroatoms. The van der Waals surface area contributed by atoms with Crippen LogP contribution in [0.25, 0.3) is 32.7 Å². The summed E-state index contributed by atoms with van der Waals surface area (Å²) in [5, 5.41) is 11.1. The smallest absolute Gasteiger partial charge is 0.343 e. The van der Waals surface area contributed by atoms with E-state index in [1.807, 2.05) is 0 Å². The topological polar surface area (TPSA) is 146 Å². The van der Waals surface area contributed by atoms with E-state index < -0.39 is 17.2 Å². The maximum absolute atomic E-state index is 12.8. The zero-order valence-electron chi connectivity index (χ0n) is 18.2. The number of methoxy groups -OCH3 is 2. The molecule has 4 N–H and O–H groups in total. The van der Waals surface area contributed by atoms with E-state index in [1.54, 1.807) is 32.0 Å². The Labute approximate surface area is 190 Å². The Kier molecular flexibility index (Phi) is 5.73. The van der Waals surface area contributed by atoms with E-state index in [-0.39, 0.29) is 33.8 Å². The van der Waals surface area contributed by atoms with E-state index in [1.165, 1.54) is 14.2 Å². The number of carbonyl (C=O) groups excluding carboxylic acids is 1. The van der Waals surface area contributed by atoms with E-state index >= 15 is 0 Å². The third-order valence-electron chi connectivity index (χ3n) is 5.13. The molecule has 0 aliphatic rings. The number of nitrogens with one attached hydrogen (secondary N) is 3. The van der Waals surface area contributed by atoms with Gasteiger partial charge in [0.25, 0.3) is 5.56 Å². The fraction of sp³-hybridized carbons (Fsp3) is 0.227. The van der Waals surface area contributed by atoms with Gasteiger partial charge in [-0.15, -0.1) is 11.3 Å². The first-order valence-corrected chi connectivity index (χ1v) is 10.7. The molecule has 4 aromatic rings. The molecule has 0 spiro atoms. The molecule has 4 rings (SSSR count). The predicted octanol–water partition coefficient (Wildman–Crippen LogP) is 3.15. The van der Waals surface area contributed by atoms with Gasteiger partial charge in [-0.1, -0.05) is 0 Å². The summed E-state index contributed by atoms with van der Waals surface area (Å²) >= 11 is 1.14. The zero-order chi connectivity index (χ0) is 23.9. The number of aromatic nitrogens is 3. The Hall–Kier alpha value is -3.99. The summed E-state index contributed by atoms with van der Waals surface area (Å²) in [6.45, 7) is 3.49. The number of ether oxygens (including phenoxy) is 3. The van der Waals surface area contributed by atoms with Crippen LogP contribution in [0, 0.1) is 6.92 Å². The Balaban J connectivity index is 2.07. The van der Waals surface area contributed by atoms with E-state index in [0.717, 1.165) is 11.3 Å². The van der Waals surface area contributed by atoms with Crippen molar-refractivity contribution in [3.8, 4) is 38.9 Å². The number of hydrogen-bond donors (Lipinski definition) is 4. The SMILES string of the molecule is CCOC(=O)c1c(C)sc(-c2c(-c3ccc(OC)c(OC)c3)[nH]c3[nH]c(=O)[nH]c(=O)c23)c1O. The van der Waals surface area contributed by atoms with Gasteiger partial charge in [0.2, 0.25) is 0 Å². The number of benzene rings is 1. The van der Waals surface area contributed by atoms with Gasteiger partial charge in [0, 0.05) is 16.0 Å². The van der Waals surface area contributed by atoms with Crippen LogP contribution in [0.5, 0.6) is 17.2 Å². The van der Waals surface area contributed by atoms with Gasteiger partial charge in [-0.25, -0.2) is 9.59 Å². The van der Waals surface area contributed by atoms with Crippen molar-refractivity contribution in [2.45, 2.75) is 13.8 Å². The van der Waals surface area contributed by atoms with Gasteiger partial charge in [-0.05, 0) is 32.0 Å². The molecule has 10 nitrogen and oxygen atoms in total. The van der Waals surface area contributed by atoms with Gasteiger partial charge in [0.15, 0.2) is 11.5 Å². The average Bonchev–Trinajstić information content (AvgIpc) is 3.30. The highest BCUT2D eigenvalue weighted by Crippen LogP contribution is 2.48. The molecule has 172 valence electrons. The highest BCUT2D eigenvalue weighted by Gasteiger charge is 2.28. The molecular formula is C22H21N3O7S. The fourth-order valence-corrected chi connectivity index (χ4v) is 4.81. The maximum atomic E-state index is 12.8. The number of aryl methyl sites for hydroxylation is 1. The van der Waals surface area contributed by atoms with E-state index in [2.05, 4.69) is 15.0 Å². The van der Waals surface area contributed by atoms with Gasteiger partial charge in [-0.2, -0.15) is 0 Å². The number of thiophene rings is 1. The summed E-state index contributed by atoms with van der Waals surface area (Å²) in [5.41, 5.74) is 0.244. The van der Waals surface area contributed by atoms with Crippen molar-refractivity contribution in [3.63, 3.8) is 0 Å². The second-order valence-corrected chi connectivity index (χ2v) is 8.26. The van der Waals surface area contributed by atoms with Crippen LogP contribution >= 0.6 is 11.3 Å². The van der Waals surface area contributed by atoms with Crippen molar-refractivity contribution in [1.82, 2.24) is 15.0 Å². The van der Waals surface area contributed by atoms with E-state index in [0.29, 0.717) is 33.2 Å². The molecule has 0 atom stereocenters. The van der Waals surface area contributed by atoms with Crippen molar-refractivity contribution in [1.29, 1.82) is 0 Å². The van der Waals surface area contributed by atoms with Crippen LogP contribution in [0.4, 0.5) is 0 Å². The minimum atomic E-state index is -0.682. The second-order valence-electron chi connectivity index (χ2n) is 7.03. The van der Waals surface area contributed by atoms with Crippen LogP contribution in [0.15, 0.2) is 27.8 Å². The van der Waals surface area contributed by atoms with Crippen LogP contribution in [-0.4, -0.2) is 46.9 Å². The molecule has 1 aromatic carbocycles. The quantitative estimate of drug-likeness (QED) is 0.316. The first-order chi connectivity index (χ1) is 15.8. The molecule has 33 heavy (non-hydrogen) atoms. The Bertz CT molecular complexity index is 1490. The predicted molar refractivity (Wildman–Crippen MR) is 124 cm³/mol. The largest absolute Gasteiger partial charge is 0.505 e. The van der Waals surface area contributed by atoms with Crippen molar-refractivity contribution in [2.75, 3.05) is 20.8 Å². The lowest BCUT2D eigenvalue weighted by Gasteiger charge is -2.10. The zero-order valence-corrected chi connectivity index (χ0v) is 19.1. The van der Waals surface area contributed by atoms with Crippen LogP contribution < -0.4 is 20.7 Å². The number of hydrogen-bond acceptors (Lipinski definition) is 8. The molecule has 0 radical (unpaired) electrons. The molecule has 3 heterocycles. The molecule has 0 bridgehead atoms. The summed E-state index contributed by atoms with van der Waals surface area (Å²) in [6, 6.07) is 5.13. The lowest BCUT2D eigenvalue weighted by Crippen LogP contribution is -2.21. The minimum absolute atomic E-state index is 0.0327. The molecule has 0 saturated heterocycles. The van der Waals surface area contributed by atoms with E-state index in [4.69, 9.17) is 14.2 Å². The number of rotatable bonds is 6. The molecule has 0 aliphatic heterocycles. The Morgan fingerprint density at radius 1 is 1.09 bits per heavy atom. The number of aromatic amines is 3. The second kappa shape index (κ2) is 8.51. The summed E-state index contributed by atoms with van der Waals surface area (Å²) in [4.78, 5) is 45.8. The fourth-order valence-electron chi connectivity index (χ4n) is 3.71. The highest BCUT2D eigenvalue weighted by atomic mass is 32.1. The van der Waals surface area contributed by atoms with Gasteiger partial charge in [0.1, 0.15) is 17.0 Å². The van der Waals surface area contributed by atoms with Gasteiger partial charge < -0.3 is 24.3 Å². The first-order valence-electron chi connectivity index (χ1n) is 9.91. The Morgan fingerprint density at radius 2 is 1.82 bits per heavy atom. The Morgan fingerprint density at radius 3 is 2.48 bits per heavy atom. The highest BCUT2D eigenvalue weighted by molar-refractivity contribution is 7.16. The summed E-state index contributed by atoms with van der Waals surface area (Å²) < 4.78 is 15.8. The third kappa shape index (κ3) is 3.65. The number of esters is 1. The average molecular weight is 471 g/mol.